The Morgan fingerprint density at radius 1 is 0.827 bits per heavy atom. The van der Waals surface area contributed by atoms with Crippen LogP contribution in [-0.4, -0.2) is 132 Å². The van der Waals surface area contributed by atoms with Crippen molar-refractivity contribution >= 4 is 48.9 Å². The fourth-order valence-corrected chi connectivity index (χ4v) is 7.34. The third-order valence-corrected chi connectivity index (χ3v) is 10.0. The zero-order chi connectivity index (χ0) is 39.0. The summed E-state index contributed by atoms with van der Waals surface area (Å²) in [6.07, 6.45) is 4.86. The molecule has 1 aromatic carbocycles. The molecule has 17 nitrogen and oxygen atoms in total. The molecule has 0 bridgehead atoms. The second-order valence-corrected chi connectivity index (χ2v) is 14.6. The lowest BCUT2D eigenvalue weighted by Crippen LogP contribution is -2.64. The number of aromatic nitrogens is 1. The maximum absolute atomic E-state index is 13.1. The number of aryl methyl sites for hydroxylation is 1. The van der Waals surface area contributed by atoms with E-state index in [1.807, 2.05) is 49.0 Å². The summed E-state index contributed by atoms with van der Waals surface area (Å²) in [5.74, 6) is -3.45. The maximum Gasteiger partial charge on any atom is 0.451 e. The molecule has 2 saturated heterocycles. The van der Waals surface area contributed by atoms with Crippen LogP contribution in [0.4, 0.5) is 0 Å². The number of fused-ring (bicyclic) bond motifs is 1. The van der Waals surface area contributed by atoms with Gasteiger partial charge < -0.3 is 67.6 Å². The summed E-state index contributed by atoms with van der Waals surface area (Å²) in [5.41, 5.74) is 23.0. The van der Waals surface area contributed by atoms with Gasteiger partial charge in [0, 0.05) is 50.3 Å². The number of likely N-dealkylation sites (tertiary alicyclic amines) is 2. The summed E-state index contributed by atoms with van der Waals surface area (Å²) in [4.78, 5) is 51.4. The minimum absolute atomic E-state index is 0.0727. The van der Waals surface area contributed by atoms with Crippen molar-refractivity contribution < 1.29 is 49.5 Å². The molecule has 4 rings (SSSR count). The Kier molecular flexibility index (Phi) is 15.2. The average Bonchev–Trinajstić information content (AvgIpc) is 3.39. The Bertz CT molecular complexity index is 1550. The van der Waals surface area contributed by atoms with Crippen LogP contribution in [0.1, 0.15) is 51.0 Å². The number of carbonyl (C=O) groups is 4. The topological polar surface area (TPSA) is 305 Å². The minimum atomic E-state index is -1.59. The second-order valence-electron chi connectivity index (χ2n) is 14.6. The molecule has 288 valence electrons. The van der Waals surface area contributed by atoms with Crippen molar-refractivity contribution in [2.45, 2.75) is 87.7 Å². The van der Waals surface area contributed by atoms with Crippen LogP contribution in [0.2, 0.25) is 12.6 Å². The quantitative estimate of drug-likeness (QED) is 0.0955. The van der Waals surface area contributed by atoms with Crippen molar-refractivity contribution in [3.05, 3.63) is 36.0 Å². The number of carbonyl (C=O) groups excluding carboxylic acids is 2. The predicted octanol–water partition coefficient (Wildman–Crippen LogP) is -1.85. The molecule has 2 aromatic rings. The molecule has 3 heterocycles. The van der Waals surface area contributed by atoms with Crippen LogP contribution in [0.25, 0.3) is 10.9 Å². The third-order valence-electron chi connectivity index (χ3n) is 10.0. The molecule has 2 amide bonds. The predicted molar refractivity (Wildman–Crippen MR) is 195 cm³/mol. The molecule has 2 aliphatic heterocycles. The fraction of sp³-hybridized carbons (Fsp3) is 0.636. The van der Waals surface area contributed by atoms with Crippen LogP contribution in [-0.2, 0) is 32.6 Å². The molecule has 2 fully saturated rings. The van der Waals surface area contributed by atoms with E-state index in [0.29, 0.717) is 38.8 Å². The summed E-state index contributed by atoms with van der Waals surface area (Å²) in [5, 5.41) is 56.2. The first-order valence-electron chi connectivity index (χ1n) is 17.7. The number of nitrogens with zero attached hydrogens (tertiary/aromatic N) is 3. The highest BCUT2D eigenvalue weighted by atomic mass is 16.4. The van der Waals surface area contributed by atoms with Gasteiger partial charge in [0.25, 0.3) is 0 Å². The van der Waals surface area contributed by atoms with Crippen molar-refractivity contribution in [1.82, 2.24) is 14.4 Å². The van der Waals surface area contributed by atoms with Crippen molar-refractivity contribution in [3.63, 3.8) is 0 Å². The fourth-order valence-electron chi connectivity index (χ4n) is 7.34. The molecule has 0 saturated carbocycles. The first-order chi connectivity index (χ1) is 24.3. The first kappa shape index (κ1) is 42.9. The number of rotatable bonds is 14. The van der Waals surface area contributed by atoms with Gasteiger partial charge in [-0.3, -0.25) is 19.2 Å². The number of aliphatic carboxylic acids is 2. The summed E-state index contributed by atoms with van der Waals surface area (Å²) in [6.45, 7) is 2.36. The molecule has 0 radical (unpaired) electrons. The van der Waals surface area contributed by atoms with Gasteiger partial charge in [-0.05, 0) is 61.8 Å². The molecule has 6 atom stereocenters. The van der Waals surface area contributed by atoms with E-state index < -0.39 is 49.3 Å². The summed E-state index contributed by atoms with van der Waals surface area (Å²) < 4.78 is 1.98. The van der Waals surface area contributed by atoms with Crippen LogP contribution < -0.4 is 22.9 Å². The van der Waals surface area contributed by atoms with Crippen LogP contribution in [0.3, 0.4) is 0 Å². The smallest absolute Gasteiger partial charge is 0.451 e. The maximum atomic E-state index is 13.1. The zero-order valence-electron chi connectivity index (χ0n) is 30.0. The number of hydrogen-bond donors (Lipinski definition) is 10. The molecule has 14 N–H and O–H groups in total. The van der Waals surface area contributed by atoms with E-state index in [4.69, 9.17) is 43.0 Å². The standard InChI is InChI=1S/C20H29BN4O5.C13H26BN3O5/c1-24-11-14(15-4-2-3-5-17(15)24)8-16(22)18(26)25-10-13(6-7-21(29)30)9-20(23,12-25)19(27)28;1-2-3-10(15)11(18)17-7-9(4-5-14(21)22)6-13(16,8-17)12(19)20/h2-5,11,13,16,29-30H,6-10,12,22-23H2,1H3,(H,27,28);9-10,21-22H,2-8,15-16H2,1H3,(H,19,20)/t13-,16+,20+;9-,10-,13+/m00/s1. The first-order valence-corrected chi connectivity index (χ1v) is 17.7. The minimum Gasteiger partial charge on any atom is -0.480 e. The monoisotopic (exact) mass is 731 g/mol. The molecule has 52 heavy (non-hydrogen) atoms. The van der Waals surface area contributed by atoms with Crippen molar-refractivity contribution in [3.8, 4) is 0 Å². The lowest BCUT2D eigenvalue weighted by atomic mass is 9.75. The van der Waals surface area contributed by atoms with E-state index in [1.165, 1.54) is 9.80 Å². The molecular formula is C33H55B2N7O10. The highest BCUT2D eigenvalue weighted by Crippen LogP contribution is 2.30. The van der Waals surface area contributed by atoms with Gasteiger partial charge in [-0.15, -0.1) is 0 Å². The number of amides is 2. The van der Waals surface area contributed by atoms with E-state index in [0.717, 1.165) is 22.9 Å². The van der Waals surface area contributed by atoms with Crippen LogP contribution in [0.15, 0.2) is 30.5 Å². The van der Waals surface area contributed by atoms with E-state index >= 15 is 0 Å². The Labute approximate surface area is 304 Å². The highest BCUT2D eigenvalue weighted by molar-refractivity contribution is 6.41. The number of hydrogen-bond acceptors (Lipinski definition) is 12. The van der Waals surface area contributed by atoms with E-state index in [2.05, 4.69) is 0 Å². The summed E-state index contributed by atoms with van der Waals surface area (Å²) >= 11 is 0. The molecule has 0 aliphatic carbocycles. The number of nitrogens with two attached hydrogens (primary N) is 4. The zero-order valence-corrected chi connectivity index (χ0v) is 30.0. The Morgan fingerprint density at radius 3 is 1.73 bits per heavy atom. The Balaban J connectivity index is 0.000000295. The molecular weight excluding hydrogens is 676 g/mol. The van der Waals surface area contributed by atoms with Crippen LogP contribution >= 0.6 is 0 Å². The lowest BCUT2D eigenvalue weighted by Gasteiger charge is -2.42. The van der Waals surface area contributed by atoms with Gasteiger partial charge in [0.1, 0.15) is 11.1 Å². The van der Waals surface area contributed by atoms with Gasteiger partial charge in [0.15, 0.2) is 0 Å². The van der Waals surface area contributed by atoms with E-state index in [-0.39, 0.29) is 62.2 Å². The van der Waals surface area contributed by atoms with Gasteiger partial charge >= 0.3 is 26.2 Å². The molecule has 2 aliphatic rings. The second kappa shape index (κ2) is 18.5. The van der Waals surface area contributed by atoms with Gasteiger partial charge in [-0.25, -0.2) is 0 Å². The summed E-state index contributed by atoms with van der Waals surface area (Å²) in [6, 6.07) is 6.35. The van der Waals surface area contributed by atoms with Gasteiger partial charge in [0.2, 0.25) is 11.8 Å². The number of carboxylic acids is 2. The molecule has 1 aromatic heterocycles. The van der Waals surface area contributed by atoms with E-state index in [9.17, 15) is 29.4 Å². The van der Waals surface area contributed by atoms with Gasteiger partial charge in [0.05, 0.1) is 12.1 Å². The Morgan fingerprint density at radius 2 is 1.29 bits per heavy atom. The number of carboxylic acid groups (broad SMARTS) is 2. The molecule has 0 unspecified atom stereocenters. The van der Waals surface area contributed by atoms with E-state index in [1.54, 1.807) is 0 Å². The lowest BCUT2D eigenvalue weighted by molar-refractivity contribution is -0.151. The number of piperidine rings is 2. The van der Waals surface area contributed by atoms with Gasteiger partial charge in [-0.2, -0.15) is 0 Å². The SMILES string of the molecule is CCC[C@H](N)C(=O)N1C[C@@H](CCB(O)O)C[C@](N)(C(=O)O)C1.Cn1cc(C[C@@H](N)C(=O)N2C[C@@H](CCB(O)O)C[C@](N)(C(=O)O)C2)c2ccccc21. The average molecular weight is 731 g/mol. The van der Waals surface area contributed by atoms with Crippen molar-refractivity contribution in [1.29, 1.82) is 0 Å². The Hall–Kier alpha value is -3.55. The largest absolute Gasteiger partial charge is 0.480 e. The van der Waals surface area contributed by atoms with Crippen LogP contribution in [0.5, 0.6) is 0 Å². The molecule has 0 spiro atoms. The third kappa shape index (κ3) is 11.2. The van der Waals surface area contributed by atoms with Crippen LogP contribution in [0, 0.1) is 11.8 Å². The molecule has 19 heteroatoms. The van der Waals surface area contributed by atoms with Crippen molar-refractivity contribution in [2.24, 2.45) is 41.8 Å². The number of para-hydroxylation sites is 1. The highest BCUT2D eigenvalue weighted by Gasteiger charge is 2.46. The number of benzene rings is 1. The normalized spacial score (nSPS) is 24.4. The summed E-state index contributed by atoms with van der Waals surface area (Å²) in [7, 11) is -1.01. The van der Waals surface area contributed by atoms with Crippen molar-refractivity contribution in [2.75, 3.05) is 26.2 Å². The van der Waals surface area contributed by atoms with Gasteiger partial charge in [-0.1, -0.05) is 44.4 Å².